The van der Waals surface area contributed by atoms with E-state index < -0.39 is 0 Å². The maximum atomic E-state index is 5.42. The number of aromatic nitrogens is 2. The molecule has 142 valence electrons. The van der Waals surface area contributed by atoms with Crippen LogP contribution >= 0.6 is 0 Å². The number of nitrogens with zero attached hydrogens (tertiary/aromatic N) is 2. The van der Waals surface area contributed by atoms with Crippen LogP contribution in [0.1, 0.15) is 29.2 Å². The number of ether oxygens (including phenoxy) is 1. The standard InChI is InChI=1S/C23H29N3O/c1-4-27-13-12-24-15-22-17-26(16-20-8-6-5-7-9-20)25-23(22)21-11-10-18(2)19(3)14-21/h5-11,14,17,24H,4,12-13,15-16H2,1-3H3. The van der Waals surface area contributed by atoms with Crippen LogP contribution < -0.4 is 5.32 Å². The van der Waals surface area contributed by atoms with Gasteiger partial charge in [0.2, 0.25) is 0 Å². The van der Waals surface area contributed by atoms with E-state index in [4.69, 9.17) is 9.84 Å². The van der Waals surface area contributed by atoms with E-state index in [1.54, 1.807) is 0 Å². The molecule has 0 bridgehead atoms. The number of hydrogen-bond donors (Lipinski definition) is 1. The average Bonchev–Trinajstić information content (AvgIpc) is 3.07. The topological polar surface area (TPSA) is 39.1 Å². The molecule has 27 heavy (non-hydrogen) atoms. The third kappa shape index (κ3) is 5.28. The summed E-state index contributed by atoms with van der Waals surface area (Å²) in [5, 5.41) is 8.38. The number of rotatable bonds is 9. The second-order valence-corrected chi connectivity index (χ2v) is 6.86. The van der Waals surface area contributed by atoms with Crippen LogP contribution in [0.2, 0.25) is 0 Å². The van der Waals surface area contributed by atoms with Crippen LogP contribution in [-0.2, 0) is 17.8 Å². The fourth-order valence-corrected chi connectivity index (χ4v) is 3.09. The minimum atomic E-state index is 0.730. The lowest BCUT2D eigenvalue weighted by Crippen LogP contribution is -2.19. The lowest BCUT2D eigenvalue weighted by atomic mass is 10.0. The number of nitrogens with one attached hydrogen (secondary N) is 1. The third-order valence-corrected chi connectivity index (χ3v) is 4.75. The van der Waals surface area contributed by atoms with Gasteiger partial charge in [-0.3, -0.25) is 4.68 Å². The van der Waals surface area contributed by atoms with Crippen molar-refractivity contribution >= 4 is 0 Å². The van der Waals surface area contributed by atoms with E-state index in [1.165, 1.54) is 27.8 Å². The predicted octanol–water partition coefficient (Wildman–Crippen LogP) is 4.34. The van der Waals surface area contributed by atoms with Crippen molar-refractivity contribution < 1.29 is 4.74 Å². The highest BCUT2D eigenvalue weighted by atomic mass is 16.5. The van der Waals surface area contributed by atoms with Crippen LogP contribution in [0.4, 0.5) is 0 Å². The highest BCUT2D eigenvalue weighted by Crippen LogP contribution is 2.25. The Labute approximate surface area is 162 Å². The Bertz CT molecular complexity index is 855. The molecule has 0 amide bonds. The number of aryl methyl sites for hydroxylation is 2. The van der Waals surface area contributed by atoms with E-state index in [-0.39, 0.29) is 0 Å². The predicted molar refractivity (Wildman–Crippen MR) is 111 cm³/mol. The Morgan fingerprint density at radius 3 is 2.59 bits per heavy atom. The molecule has 4 nitrogen and oxygen atoms in total. The fraction of sp³-hybridized carbons (Fsp3) is 0.348. The summed E-state index contributed by atoms with van der Waals surface area (Å²) in [6.45, 7) is 10.2. The van der Waals surface area contributed by atoms with Crippen molar-refractivity contribution in [1.82, 2.24) is 15.1 Å². The highest BCUT2D eigenvalue weighted by molar-refractivity contribution is 5.64. The highest BCUT2D eigenvalue weighted by Gasteiger charge is 2.12. The van der Waals surface area contributed by atoms with Crippen LogP contribution in [0.15, 0.2) is 54.7 Å². The first-order chi connectivity index (χ1) is 13.2. The van der Waals surface area contributed by atoms with Crippen LogP contribution in [-0.4, -0.2) is 29.5 Å². The first kappa shape index (κ1) is 19.3. The van der Waals surface area contributed by atoms with Gasteiger partial charge in [-0.25, -0.2) is 0 Å². The van der Waals surface area contributed by atoms with Gasteiger partial charge in [-0.1, -0.05) is 42.5 Å². The minimum absolute atomic E-state index is 0.730. The van der Waals surface area contributed by atoms with Crippen molar-refractivity contribution in [3.63, 3.8) is 0 Å². The van der Waals surface area contributed by atoms with E-state index >= 15 is 0 Å². The van der Waals surface area contributed by atoms with Gasteiger partial charge < -0.3 is 10.1 Å². The lowest BCUT2D eigenvalue weighted by Gasteiger charge is -2.07. The van der Waals surface area contributed by atoms with Crippen molar-refractivity contribution in [2.24, 2.45) is 0 Å². The third-order valence-electron chi connectivity index (χ3n) is 4.75. The Morgan fingerprint density at radius 1 is 1.04 bits per heavy atom. The normalized spacial score (nSPS) is 11.1. The monoisotopic (exact) mass is 363 g/mol. The van der Waals surface area contributed by atoms with Gasteiger partial charge in [0, 0.05) is 37.0 Å². The molecule has 0 saturated heterocycles. The molecule has 0 radical (unpaired) electrons. The van der Waals surface area contributed by atoms with Crippen molar-refractivity contribution in [2.45, 2.75) is 33.9 Å². The quantitative estimate of drug-likeness (QED) is 0.575. The lowest BCUT2D eigenvalue weighted by molar-refractivity contribution is 0.149. The van der Waals surface area contributed by atoms with Gasteiger partial charge in [-0.05, 0) is 43.5 Å². The second-order valence-electron chi connectivity index (χ2n) is 6.86. The first-order valence-corrected chi connectivity index (χ1v) is 9.63. The average molecular weight is 364 g/mol. The van der Waals surface area contributed by atoms with E-state index in [0.29, 0.717) is 0 Å². The molecule has 0 aliphatic carbocycles. The number of hydrogen-bond acceptors (Lipinski definition) is 3. The van der Waals surface area contributed by atoms with Gasteiger partial charge in [0.05, 0.1) is 18.8 Å². The van der Waals surface area contributed by atoms with Crippen LogP contribution in [0.25, 0.3) is 11.3 Å². The summed E-state index contributed by atoms with van der Waals surface area (Å²) in [6, 6.07) is 17.0. The fourth-order valence-electron chi connectivity index (χ4n) is 3.09. The molecule has 2 aromatic carbocycles. The summed E-state index contributed by atoms with van der Waals surface area (Å²) in [5.41, 5.74) is 7.29. The Balaban J connectivity index is 1.82. The molecule has 0 aliphatic heterocycles. The Kier molecular flexibility index (Phi) is 6.80. The van der Waals surface area contributed by atoms with Crippen LogP contribution in [0.5, 0.6) is 0 Å². The van der Waals surface area contributed by atoms with Gasteiger partial charge >= 0.3 is 0 Å². The van der Waals surface area contributed by atoms with E-state index in [0.717, 1.165) is 38.5 Å². The molecule has 0 unspecified atom stereocenters. The van der Waals surface area contributed by atoms with Gasteiger partial charge in [0.25, 0.3) is 0 Å². The Morgan fingerprint density at radius 2 is 1.85 bits per heavy atom. The summed E-state index contributed by atoms with van der Waals surface area (Å²) >= 11 is 0. The van der Waals surface area contributed by atoms with Crippen molar-refractivity contribution in [3.8, 4) is 11.3 Å². The van der Waals surface area contributed by atoms with Crippen molar-refractivity contribution in [2.75, 3.05) is 19.8 Å². The van der Waals surface area contributed by atoms with Gasteiger partial charge in [-0.2, -0.15) is 5.10 Å². The summed E-state index contributed by atoms with van der Waals surface area (Å²) in [6.07, 6.45) is 2.16. The largest absolute Gasteiger partial charge is 0.380 e. The smallest absolute Gasteiger partial charge is 0.0968 e. The molecule has 3 rings (SSSR count). The van der Waals surface area contributed by atoms with Crippen molar-refractivity contribution in [1.29, 1.82) is 0 Å². The number of benzene rings is 2. The second kappa shape index (κ2) is 9.49. The van der Waals surface area contributed by atoms with Gasteiger partial charge in [0.15, 0.2) is 0 Å². The van der Waals surface area contributed by atoms with Crippen LogP contribution in [0, 0.1) is 13.8 Å². The molecule has 1 heterocycles. The van der Waals surface area contributed by atoms with Crippen LogP contribution in [0.3, 0.4) is 0 Å². The van der Waals surface area contributed by atoms with Crippen molar-refractivity contribution in [3.05, 3.63) is 77.0 Å². The summed E-state index contributed by atoms with van der Waals surface area (Å²) < 4.78 is 7.46. The zero-order valence-corrected chi connectivity index (χ0v) is 16.5. The molecular weight excluding hydrogens is 334 g/mol. The summed E-state index contributed by atoms with van der Waals surface area (Å²) in [7, 11) is 0. The molecule has 0 saturated carbocycles. The van der Waals surface area contributed by atoms with Gasteiger partial charge in [0.1, 0.15) is 0 Å². The molecule has 4 heteroatoms. The molecule has 0 aliphatic rings. The molecule has 0 atom stereocenters. The van der Waals surface area contributed by atoms with Gasteiger partial charge in [-0.15, -0.1) is 0 Å². The molecule has 0 fully saturated rings. The maximum absolute atomic E-state index is 5.42. The molecule has 3 aromatic rings. The van der Waals surface area contributed by atoms with E-state index in [1.807, 2.05) is 17.7 Å². The molecule has 0 spiro atoms. The molecular formula is C23H29N3O. The van der Waals surface area contributed by atoms with E-state index in [9.17, 15) is 0 Å². The maximum Gasteiger partial charge on any atom is 0.0968 e. The minimum Gasteiger partial charge on any atom is -0.380 e. The van der Waals surface area contributed by atoms with E-state index in [2.05, 4.69) is 67.8 Å². The molecule has 1 aromatic heterocycles. The zero-order chi connectivity index (χ0) is 19.1. The summed E-state index contributed by atoms with van der Waals surface area (Å²) in [4.78, 5) is 0. The first-order valence-electron chi connectivity index (χ1n) is 9.63. The zero-order valence-electron chi connectivity index (χ0n) is 16.5. The molecule has 1 N–H and O–H groups in total. The summed E-state index contributed by atoms with van der Waals surface area (Å²) in [5.74, 6) is 0. The Hall–Kier alpha value is -2.43. The SMILES string of the molecule is CCOCCNCc1cn(Cc2ccccc2)nc1-c1ccc(C)c(C)c1.